The summed E-state index contributed by atoms with van der Waals surface area (Å²) in [6, 6.07) is 11.8. The van der Waals surface area contributed by atoms with E-state index >= 15 is 0 Å². The normalized spacial score (nSPS) is 14.8. The topological polar surface area (TPSA) is 155 Å². The average molecular weight is 703 g/mol. The maximum absolute atomic E-state index is 14.2. The molecule has 0 unspecified atom stereocenters. The van der Waals surface area contributed by atoms with Crippen molar-refractivity contribution in [2.75, 3.05) is 32.8 Å². The van der Waals surface area contributed by atoms with Crippen LogP contribution >= 0.6 is 0 Å². The van der Waals surface area contributed by atoms with Crippen molar-refractivity contribution in [3.05, 3.63) is 100 Å². The Kier molecular flexibility index (Phi) is 8.93. The molecule has 1 aliphatic heterocycles. The molecule has 0 bridgehead atoms. The Labute approximate surface area is 287 Å². The molecule has 2 aliphatic rings. The number of piperazine rings is 1. The van der Waals surface area contributed by atoms with E-state index in [1.165, 1.54) is 39.3 Å². The van der Waals surface area contributed by atoms with Gasteiger partial charge in [-0.05, 0) is 67.4 Å². The van der Waals surface area contributed by atoms with E-state index in [9.17, 15) is 32.3 Å². The number of hydrogen-bond acceptors (Lipinski definition) is 10. The lowest BCUT2D eigenvalue weighted by Crippen LogP contribution is -2.52. The highest BCUT2D eigenvalue weighted by atomic mass is 19.4. The number of Topliss-reactive ketones (excluding diaryl/α,β-unsaturated/α-hetero) is 1. The zero-order chi connectivity index (χ0) is 35.7. The molecule has 2 fully saturated rings. The molecule has 0 N–H and O–H groups in total. The molecular formula is C34H29F3N8O6. The molecule has 5 aromatic rings. The Bertz CT molecular complexity index is 2160. The van der Waals surface area contributed by atoms with Crippen molar-refractivity contribution >= 4 is 28.6 Å². The molecule has 0 atom stereocenters. The minimum Gasteiger partial charge on any atom is -0.488 e. The fraction of sp³-hybridized carbons (Fsp3) is 0.294. The molecule has 7 rings (SSSR count). The number of ketones is 1. The van der Waals surface area contributed by atoms with Gasteiger partial charge in [0.15, 0.2) is 18.0 Å². The van der Waals surface area contributed by atoms with E-state index in [1.807, 2.05) is 0 Å². The maximum Gasteiger partial charge on any atom is 0.416 e. The summed E-state index contributed by atoms with van der Waals surface area (Å²) < 4.78 is 51.3. The molecule has 2 aromatic carbocycles. The summed E-state index contributed by atoms with van der Waals surface area (Å²) in [5, 5.41) is 8.12. The molecule has 1 saturated heterocycles. The van der Waals surface area contributed by atoms with Crippen molar-refractivity contribution in [1.29, 1.82) is 0 Å². The fourth-order valence-corrected chi connectivity index (χ4v) is 5.54. The van der Waals surface area contributed by atoms with Gasteiger partial charge in [0.25, 0.3) is 17.4 Å². The first-order chi connectivity index (χ1) is 24.5. The Hall–Kier alpha value is -6.13. The van der Waals surface area contributed by atoms with E-state index < -0.39 is 35.7 Å². The Morgan fingerprint density at radius 3 is 2.27 bits per heavy atom. The number of fused-ring (bicyclic) bond motifs is 1. The zero-order valence-electron chi connectivity index (χ0n) is 26.8. The van der Waals surface area contributed by atoms with Crippen LogP contribution in [0.1, 0.15) is 39.4 Å². The van der Waals surface area contributed by atoms with Crippen molar-refractivity contribution < 1.29 is 37.0 Å². The number of nitrogens with zero attached hydrogens (tertiary/aromatic N) is 8. The van der Waals surface area contributed by atoms with Crippen LogP contribution in [0.5, 0.6) is 11.5 Å². The minimum absolute atomic E-state index is 0.0537. The molecule has 1 saturated carbocycles. The third-order valence-electron chi connectivity index (χ3n) is 8.39. The number of rotatable bonds is 10. The van der Waals surface area contributed by atoms with Gasteiger partial charge in [-0.2, -0.15) is 28.2 Å². The first-order valence-electron chi connectivity index (χ1n) is 16.0. The van der Waals surface area contributed by atoms with Crippen molar-refractivity contribution in [1.82, 2.24) is 39.3 Å². The minimum atomic E-state index is -4.49. The summed E-state index contributed by atoms with van der Waals surface area (Å²) in [6.07, 6.45) is 1.39. The Morgan fingerprint density at radius 1 is 0.882 bits per heavy atom. The van der Waals surface area contributed by atoms with Gasteiger partial charge < -0.3 is 19.3 Å². The van der Waals surface area contributed by atoms with Gasteiger partial charge in [-0.1, -0.05) is 0 Å². The van der Waals surface area contributed by atoms with Gasteiger partial charge in [-0.15, -0.1) is 0 Å². The predicted octanol–water partition coefficient (Wildman–Crippen LogP) is 3.18. The third-order valence-corrected chi connectivity index (χ3v) is 8.39. The van der Waals surface area contributed by atoms with E-state index in [2.05, 4.69) is 20.2 Å². The third kappa shape index (κ3) is 7.27. The van der Waals surface area contributed by atoms with Crippen LogP contribution in [-0.2, 0) is 17.5 Å². The number of hydrogen-bond donors (Lipinski definition) is 0. The summed E-state index contributed by atoms with van der Waals surface area (Å²) in [4.78, 5) is 67.4. The molecule has 51 heavy (non-hydrogen) atoms. The Morgan fingerprint density at radius 2 is 1.59 bits per heavy atom. The van der Waals surface area contributed by atoms with E-state index in [1.54, 1.807) is 24.3 Å². The number of amides is 2. The van der Waals surface area contributed by atoms with Crippen LogP contribution in [-0.4, -0.2) is 95.8 Å². The first kappa shape index (κ1) is 33.4. The molecule has 1 aliphatic carbocycles. The second kappa shape index (κ2) is 13.6. The van der Waals surface area contributed by atoms with Gasteiger partial charge >= 0.3 is 6.18 Å². The van der Waals surface area contributed by atoms with Crippen molar-refractivity contribution in [3.8, 4) is 17.2 Å². The number of alkyl halides is 3. The van der Waals surface area contributed by atoms with Gasteiger partial charge in [-0.3, -0.25) is 23.7 Å². The molecule has 17 heteroatoms. The highest BCUT2D eigenvalue weighted by Crippen LogP contribution is 2.33. The second-order valence-corrected chi connectivity index (χ2v) is 11.9. The molecule has 14 nitrogen and oxygen atoms in total. The van der Waals surface area contributed by atoms with Crippen molar-refractivity contribution in [2.45, 2.75) is 31.7 Å². The van der Waals surface area contributed by atoms with E-state index in [-0.39, 0.29) is 84.2 Å². The number of aromatic nitrogens is 6. The summed E-state index contributed by atoms with van der Waals surface area (Å²) in [5.41, 5.74) is -0.989. The predicted molar refractivity (Wildman–Crippen MR) is 173 cm³/mol. The average Bonchev–Trinajstić information content (AvgIpc) is 3.81. The molecule has 4 heterocycles. The number of pyridine rings is 1. The summed E-state index contributed by atoms with van der Waals surface area (Å²) in [6.45, 7) is -0.152. The number of carbonyl (C=O) groups is 3. The fourth-order valence-electron chi connectivity index (χ4n) is 5.54. The quantitative estimate of drug-likeness (QED) is 0.198. The number of carbonyl (C=O) groups excluding carboxylic acids is 3. The van der Waals surface area contributed by atoms with Crippen molar-refractivity contribution in [2.24, 2.45) is 0 Å². The van der Waals surface area contributed by atoms with Crippen LogP contribution in [0.15, 0.2) is 78.0 Å². The smallest absolute Gasteiger partial charge is 0.416 e. The highest BCUT2D eigenvalue weighted by molar-refractivity contribution is 5.97. The second-order valence-electron chi connectivity index (χ2n) is 11.9. The monoisotopic (exact) mass is 702 g/mol. The molecule has 0 spiro atoms. The number of ether oxygens (including phenoxy) is 2. The summed E-state index contributed by atoms with van der Waals surface area (Å²) in [7, 11) is 0. The van der Waals surface area contributed by atoms with Crippen molar-refractivity contribution in [3.63, 3.8) is 0 Å². The highest BCUT2D eigenvalue weighted by Gasteiger charge is 2.32. The summed E-state index contributed by atoms with van der Waals surface area (Å²) >= 11 is 0. The SMILES string of the molecule is O=C(Cn1nccn1)c1ccc(OC2CC2)c(-n2c(C(=O)N3CCN(C(=O)COc4ccc(C(F)(F)F)cc4)CC3)nc3ncccc3c2=O)c1. The van der Waals surface area contributed by atoms with Gasteiger partial charge in [0.2, 0.25) is 5.82 Å². The van der Waals surface area contributed by atoms with Crippen LogP contribution in [0.3, 0.4) is 0 Å². The molecule has 2 amide bonds. The van der Waals surface area contributed by atoms with E-state index in [4.69, 9.17) is 9.47 Å². The molecule has 262 valence electrons. The lowest BCUT2D eigenvalue weighted by atomic mass is 10.1. The van der Waals surface area contributed by atoms with Crippen LogP contribution in [0.4, 0.5) is 13.2 Å². The number of halogens is 3. The molecule has 3 aromatic heterocycles. The standard InChI is InChI=1S/C34H29F3N8O6/c35-34(36,37)22-4-6-23(7-5-22)50-20-29(47)42-14-16-43(17-15-42)33(49)31-41-30-25(2-1-11-38-30)32(48)45(31)26-18-21(3-10-28(26)51-24-8-9-24)27(46)19-44-39-12-13-40-44/h1-7,10-13,18,24H,8-9,14-17,19-20H2. The largest absolute Gasteiger partial charge is 0.488 e. The van der Waals surface area contributed by atoms with Gasteiger partial charge in [-0.25, -0.2) is 9.97 Å². The Balaban J connectivity index is 1.14. The van der Waals surface area contributed by atoms with Gasteiger partial charge in [0.05, 0.1) is 35.1 Å². The van der Waals surface area contributed by atoms with Gasteiger partial charge in [0.1, 0.15) is 18.0 Å². The van der Waals surface area contributed by atoms with Crippen LogP contribution in [0, 0.1) is 0 Å². The van der Waals surface area contributed by atoms with Crippen LogP contribution in [0.2, 0.25) is 0 Å². The maximum atomic E-state index is 14.2. The van der Waals surface area contributed by atoms with Crippen LogP contribution in [0.25, 0.3) is 16.7 Å². The molecular weight excluding hydrogens is 673 g/mol. The number of benzene rings is 2. The zero-order valence-corrected chi connectivity index (χ0v) is 26.8. The lowest BCUT2D eigenvalue weighted by molar-refractivity contribution is -0.138. The first-order valence-corrected chi connectivity index (χ1v) is 16.0. The lowest BCUT2D eigenvalue weighted by Gasteiger charge is -2.34. The van der Waals surface area contributed by atoms with E-state index in [0.29, 0.717) is 0 Å². The van der Waals surface area contributed by atoms with Crippen LogP contribution < -0.4 is 15.0 Å². The summed E-state index contributed by atoms with van der Waals surface area (Å²) in [5.74, 6) is -1.23. The van der Waals surface area contributed by atoms with E-state index in [0.717, 1.165) is 41.7 Å². The van der Waals surface area contributed by atoms with Gasteiger partial charge in [0, 0.05) is 37.9 Å². The molecule has 0 radical (unpaired) electrons.